The van der Waals surface area contributed by atoms with Crippen LogP contribution >= 0.6 is 0 Å². The quantitative estimate of drug-likeness (QED) is 0.711. The Bertz CT molecular complexity index is 625. The molecule has 80 valence electrons. The van der Waals surface area contributed by atoms with Crippen LogP contribution in [0.5, 0.6) is 0 Å². The molecule has 1 aromatic carbocycles. The zero-order chi connectivity index (χ0) is 11.0. The van der Waals surface area contributed by atoms with E-state index >= 15 is 0 Å². The summed E-state index contributed by atoms with van der Waals surface area (Å²) in [5.41, 5.74) is 7.90. The highest BCUT2D eigenvalue weighted by atomic mass is 16.3. The van der Waals surface area contributed by atoms with Gasteiger partial charge in [0.05, 0.1) is 11.3 Å². The van der Waals surface area contributed by atoms with E-state index in [0.29, 0.717) is 12.4 Å². The number of benzene rings is 1. The van der Waals surface area contributed by atoms with E-state index in [-0.39, 0.29) is 0 Å². The second-order valence-corrected chi connectivity index (χ2v) is 3.49. The average molecular weight is 214 g/mol. The molecule has 0 atom stereocenters. The lowest BCUT2D eigenvalue weighted by Crippen LogP contribution is -1.95. The first kappa shape index (κ1) is 9.18. The Kier molecular flexibility index (Phi) is 2.01. The van der Waals surface area contributed by atoms with Crippen molar-refractivity contribution < 1.29 is 8.83 Å². The van der Waals surface area contributed by atoms with E-state index in [1.54, 1.807) is 12.5 Å². The molecule has 0 aliphatic rings. The molecular formula is C12H10N2O2. The highest BCUT2D eigenvalue weighted by Gasteiger charge is 2.12. The van der Waals surface area contributed by atoms with Crippen molar-refractivity contribution in [3.05, 3.63) is 42.5 Å². The molecule has 4 heteroatoms. The lowest BCUT2D eigenvalue weighted by Gasteiger charge is -1.90. The Hall–Kier alpha value is -2.07. The van der Waals surface area contributed by atoms with Crippen molar-refractivity contribution in [2.45, 2.75) is 6.54 Å². The molecule has 0 spiro atoms. The standard InChI is InChI=1S/C12H10N2O2/c13-5-8-6-16-12(14-8)10-7-15-11-4-2-1-3-9(10)11/h1-4,6-7H,5,13H2. The first-order chi connectivity index (χ1) is 7.88. The molecule has 0 radical (unpaired) electrons. The van der Waals surface area contributed by atoms with Gasteiger partial charge in [-0.1, -0.05) is 18.2 Å². The van der Waals surface area contributed by atoms with E-state index in [4.69, 9.17) is 14.6 Å². The van der Waals surface area contributed by atoms with Crippen molar-refractivity contribution in [3.63, 3.8) is 0 Å². The Balaban J connectivity index is 2.18. The van der Waals surface area contributed by atoms with E-state index < -0.39 is 0 Å². The van der Waals surface area contributed by atoms with Crippen molar-refractivity contribution in [2.24, 2.45) is 5.73 Å². The van der Waals surface area contributed by atoms with E-state index in [9.17, 15) is 0 Å². The normalized spacial score (nSPS) is 11.1. The lowest BCUT2D eigenvalue weighted by molar-refractivity contribution is 0.568. The van der Waals surface area contributed by atoms with Crippen LogP contribution in [0.15, 0.2) is 45.6 Å². The molecule has 3 aromatic rings. The van der Waals surface area contributed by atoms with Gasteiger partial charge in [0.2, 0.25) is 5.89 Å². The molecule has 3 rings (SSSR count). The number of nitrogens with zero attached hydrogens (tertiary/aromatic N) is 1. The first-order valence-electron chi connectivity index (χ1n) is 4.99. The molecule has 4 nitrogen and oxygen atoms in total. The number of rotatable bonds is 2. The van der Waals surface area contributed by atoms with Crippen molar-refractivity contribution in [1.29, 1.82) is 0 Å². The fourth-order valence-corrected chi connectivity index (χ4v) is 1.67. The SMILES string of the molecule is NCc1coc(-c2coc3ccccc23)n1. The molecule has 16 heavy (non-hydrogen) atoms. The number of para-hydroxylation sites is 1. The number of hydrogen-bond acceptors (Lipinski definition) is 4. The van der Waals surface area contributed by atoms with Crippen LogP contribution in [0.3, 0.4) is 0 Å². The van der Waals surface area contributed by atoms with Gasteiger partial charge in [-0.05, 0) is 6.07 Å². The molecule has 0 fully saturated rings. The molecule has 0 aliphatic carbocycles. The van der Waals surface area contributed by atoms with Crippen LogP contribution in [0.4, 0.5) is 0 Å². The highest BCUT2D eigenvalue weighted by molar-refractivity contribution is 5.91. The summed E-state index contributed by atoms with van der Waals surface area (Å²) in [5.74, 6) is 0.547. The molecule has 2 N–H and O–H groups in total. The molecule has 0 unspecified atom stereocenters. The third-order valence-electron chi connectivity index (χ3n) is 2.47. The Morgan fingerprint density at radius 2 is 2.00 bits per heavy atom. The maximum Gasteiger partial charge on any atom is 0.230 e. The van der Waals surface area contributed by atoms with Gasteiger partial charge < -0.3 is 14.6 Å². The third kappa shape index (κ3) is 1.31. The minimum Gasteiger partial charge on any atom is -0.463 e. The summed E-state index contributed by atoms with van der Waals surface area (Å²) >= 11 is 0. The molecule has 0 saturated heterocycles. The van der Waals surface area contributed by atoms with Crippen LogP contribution in [-0.4, -0.2) is 4.98 Å². The number of nitrogens with two attached hydrogens (primary N) is 1. The smallest absolute Gasteiger partial charge is 0.230 e. The zero-order valence-corrected chi connectivity index (χ0v) is 8.51. The van der Waals surface area contributed by atoms with Gasteiger partial charge in [0.25, 0.3) is 0 Å². The average Bonchev–Trinajstić information content (AvgIpc) is 2.94. The van der Waals surface area contributed by atoms with E-state index in [1.807, 2.05) is 24.3 Å². The van der Waals surface area contributed by atoms with Crippen LogP contribution in [0.2, 0.25) is 0 Å². The summed E-state index contributed by atoms with van der Waals surface area (Å²) in [5, 5.41) is 0.993. The topological polar surface area (TPSA) is 65.2 Å². The summed E-state index contributed by atoms with van der Waals surface area (Å²) in [6.07, 6.45) is 3.22. The maximum absolute atomic E-state index is 5.48. The van der Waals surface area contributed by atoms with Gasteiger partial charge in [-0.15, -0.1) is 0 Å². The van der Waals surface area contributed by atoms with Gasteiger partial charge in [-0.2, -0.15) is 0 Å². The molecular weight excluding hydrogens is 204 g/mol. The second kappa shape index (κ2) is 3.50. The Morgan fingerprint density at radius 3 is 2.81 bits per heavy atom. The minimum atomic E-state index is 0.374. The van der Waals surface area contributed by atoms with Gasteiger partial charge in [0.15, 0.2) is 0 Å². The van der Waals surface area contributed by atoms with Gasteiger partial charge in [-0.3, -0.25) is 0 Å². The number of aromatic nitrogens is 1. The Labute approximate surface area is 91.7 Å². The van der Waals surface area contributed by atoms with Crippen molar-refractivity contribution in [2.75, 3.05) is 0 Å². The number of oxazole rings is 1. The van der Waals surface area contributed by atoms with E-state index in [2.05, 4.69) is 4.98 Å². The Morgan fingerprint density at radius 1 is 1.12 bits per heavy atom. The molecule has 0 aliphatic heterocycles. The van der Waals surface area contributed by atoms with E-state index in [1.165, 1.54) is 0 Å². The number of furan rings is 1. The monoisotopic (exact) mass is 214 g/mol. The van der Waals surface area contributed by atoms with Crippen molar-refractivity contribution in [3.8, 4) is 11.5 Å². The van der Waals surface area contributed by atoms with Crippen LogP contribution in [-0.2, 0) is 6.54 Å². The highest BCUT2D eigenvalue weighted by Crippen LogP contribution is 2.29. The summed E-state index contributed by atoms with van der Waals surface area (Å²) in [7, 11) is 0. The largest absolute Gasteiger partial charge is 0.463 e. The van der Waals surface area contributed by atoms with Crippen LogP contribution in [0, 0.1) is 0 Å². The summed E-state index contributed by atoms with van der Waals surface area (Å²) in [4.78, 5) is 4.27. The number of fused-ring (bicyclic) bond motifs is 1. The molecule has 0 bridgehead atoms. The van der Waals surface area contributed by atoms with Crippen LogP contribution in [0.25, 0.3) is 22.4 Å². The number of hydrogen-bond donors (Lipinski definition) is 1. The fraction of sp³-hybridized carbons (Fsp3) is 0.0833. The molecule has 0 saturated carbocycles. The zero-order valence-electron chi connectivity index (χ0n) is 8.51. The van der Waals surface area contributed by atoms with Gasteiger partial charge in [0.1, 0.15) is 18.1 Å². The predicted octanol–water partition coefficient (Wildman–Crippen LogP) is 2.55. The first-order valence-corrected chi connectivity index (χ1v) is 4.99. The summed E-state index contributed by atoms with van der Waals surface area (Å²) in [6.45, 7) is 0.374. The summed E-state index contributed by atoms with van der Waals surface area (Å²) < 4.78 is 10.8. The van der Waals surface area contributed by atoms with Gasteiger partial charge in [0, 0.05) is 11.9 Å². The third-order valence-corrected chi connectivity index (χ3v) is 2.47. The second-order valence-electron chi connectivity index (χ2n) is 3.49. The van der Waals surface area contributed by atoms with Crippen molar-refractivity contribution in [1.82, 2.24) is 4.98 Å². The van der Waals surface area contributed by atoms with E-state index in [0.717, 1.165) is 22.2 Å². The molecule has 0 amide bonds. The summed E-state index contributed by atoms with van der Waals surface area (Å²) in [6, 6.07) is 7.76. The molecule has 2 aromatic heterocycles. The predicted molar refractivity (Wildman–Crippen MR) is 59.6 cm³/mol. The fourth-order valence-electron chi connectivity index (χ4n) is 1.67. The lowest BCUT2D eigenvalue weighted by atomic mass is 10.2. The van der Waals surface area contributed by atoms with Gasteiger partial charge in [-0.25, -0.2) is 4.98 Å². The van der Waals surface area contributed by atoms with Crippen LogP contribution in [0.1, 0.15) is 5.69 Å². The van der Waals surface area contributed by atoms with Crippen LogP contribution < -0.4 is 5.73 Å². The maximum atomic E-state index is 5.48. The molecule has 2 heterocycles. The minimum absolute atomic E-state index is 0.374. The van der Waals surface area contributed by atoms with Crippen molar-refractivity contribution >= 4 is 11.0 Å². The van der Waals surface area contributed by atoms with Gasteiger partial charge >= 0.3 is 0 Å².